The summed E-state index contributed by atoms with van der Waals surface area (Å²) in [7, 11) is 0. The van der Waals surface area contributed by atoms with E-state index in [9.17, 15) is 0 Å². The quantitative estimate of drug-likeness (QED) is 0.935. The Kier molecular flexibility index (Phi) is 3.50. The molecule has 5 nitrogen and oxygen atoms in total. The summed E-state index contributed by atoms with van der Waals surface area (Å²) >= 11 is 6.10. The summed E-state index contributed by atoms with van der Waals surface area (Å²) in [6.07, 6.45) is 1.70. The second kappa shape index (κ2) is 5.28. The molecule has 6 heteroatoms. The Morgan fingerprint density at radius 1 is 1.32 bits per heavy atom. The fraction of sp³-hybridized carbons (Fsp3) is 0.385. The number of hydrogen-bond donors (Lipinski definition) is 1. The zero-order valence-corrected chi connectivity index (χ0v) is 11.0. The highest BCUT2D eigenvalue weighted by Gasteiger charge is 2.30. The molecule has 0 saturated carbocycles. The van der Waals surface area contributed by atoms with E-state index in [0.717, 1.165) is 18.4 Å². The van der Waals surface area contributed by atoms with E-state index >= 15 is 0 Å². The van der Waals surface area contributed by atoms with Crippen LogP contribution in [-0.4, -0.2) is 22.8 Å². The summed E-state index contributed by atoms with van der Waals surface area (Å²) in [4.78, 5) is 4.36. The summed E-state index contributed by atoms with van der Waals surface area (Å²) in [5.41, 5.74) is 6.34. The van der Waals surface area contributed by atoms with E-state index in [4.69, 9.17) is 26.6 Å². The summed E-state index contributed by atoms with van der Waals surface area (Å²) in [5, 5.41) is 4.56. The molecule has 3 rings (SSSR count). The largest absolute Gasteiger partial charge is 0.364 e. The smallest absolute Gasteiger partial charge is 0.256 e. The molecule has 2 unspecified atom stereocenters. The molecule has 2 heterocycles. The van der Waals surface area contributed by atoms with Crippen molar-refractivity contribution in [2.45, 2.75) is 25.0 Å². The highest BCUT2D eigenvalue weighted by atomic mass is 35.5. The second-order valence-electron chi connectivity index (χ2n) is 4.50. The third kappa shape index (κ3) is 2.49. The normalized spacial score (nSPS) is 22.8. The maximum atomic E-state index is 6.10. The number of nitrogens with zero attached hydrogens (tertiary/aromatic N) is 2. The zero-order chi connectivity index (χ0) is 13.2. The summed E-state index contributed by atoms with van der Waals surface area (Å²) in [5.74, 6) is 0.978. The first-order valence-electron chi connectivity index (χ1n) is 6.22. The van der Waals surface area contributed by atoms with Crippen molar-refractivity contribution in [3.63, 3.8) is 0 Å². The molecule has 1 aliphatic heterocycles. The predicted octanol–water partition coefficient (Wildman–Crippen LogP) is 2.57. The SMILES string of the molecule is NCC1CCC(c2nc(-c3ccccc3Cl)no2)O1. The van der Waals surface area contributed by atoms with Crippen molar-refractivity contribution in [2.24, 2.45) is 5.73 Å². The standard InChI is InChI=1S/C13H14ClN3O2/c14-10-4-2-1-3-9(10)12-16-13(19-17-12)11-6-5-8(7-15)18-11/h1-4,8,11H,5-7,15H2. The molecular formula is C13H14ClN3O2. The van der Waals surface area contributed by atoms with Crippen LogP contribution in [0.15, 0.2) is 28.8 Å². The van der Waals surface area contributed by atoms with Gasteiger partial charge in [-0.05, 0) is 25.0 Å². The maximum absolute atomic E-state index is 6.10. The van der Waals surface area contributed by atoms with Gasteiger partial charge in [-0.3, -0.25) is 0 Å². The maximum Gasteiger partial charge on any atom is 0.256 e. The van der Waals surface area contributed by atoms with E-state index in [1.165, 1.54) is 0 Å². The molecule has 1 saturated heterocycles. The molecular weight excluding hydrogens is 266 g/mol. The lowest BCUT2D eigenvalue weighted by atomic mass is 10.2. The second-order valence-corrected chi connectivity index (χ2v) is 4.90. The minimum atomic E-state index is -0.155. The first kappa shape index (κ1) is 12.6. The van der Waals surface area contributed by atoms with E-state index in [-0.39, 0.29) is 12.2 Å². The van der Waals surface area contributed by atoms with Crippen molar-refractivity contribution in [1.29, 1.82) is 0 Å². The minimum Gasteiger partial charge on any atom is -0.364 e. The molecule has 2 aromatic rings. The van der Waals surface area contributed by atoms with E-state index in [0.29, 0.717) is 23.3 Å². The van der Waals surface area contributed by atoms with Gasteiger partial charge in [0.05, 0.1) is 11.1 Å². The Balaban J connectivity index is 1.82. The number of hydrogen-bond acceptors (Lipinski definition) is 5. The average Bonchev–Trinajstić information content (AvgIpc) is 3.08. The van der Waals surface area contributed by atoms with Crippen molar-refractivity contribution in [3.8, 4) is 11.4 Å². The number of aromatic nitrogens is 2. The van der Waals surface area contributed by atoms with Crippen LogP contribution in [0.1, 0.15) is 24.8 Å². The van der Waals surface area contributed by atoms with Crippen molar-refractivity contribution < 1.29 is 9.26 Å². The Morgan fingerprint density at radius 3 is 2.89 bits per heavy atom. The molecule has 1 aromatic carbocycles. The topological polar surface area (TPSA) is 74.2 Å². The molecule has 1 fully saturated rings. The summed E-state index contributed by atoms with van der Waals surface area (Å²) < 4.78 is 11.0. The lowest BCUT2D eigenvalue weighted by Crippen LogP contribution is -2.18. The third-order valence-corrected chi connectivity index (χ3v) is 3.53. The molecule has 0 spiro atoms. The van der Waals surface area contributed by atoms with Crippen molar-refractivity contribution in [1.82, 2.24) is 10.1 Å². The Bertz CT molecular complexity index is 573. The van der Waals surface area contributed by atoms with Gasteiger partial charge in [-0.15, -0.1) is 0 Å². The molecule has 1 aromatic heterocycles. The van der Waals surface area contributed by atoms with Crippen LogP contribution in [0.3, 0.4) is 0 Å². The molecule has 0 amide bonds. The van der Waals surface area contributed by atoms with Crippen LogP contribution in [-0.2, 0) is 4.74 Å². The van der Waals surface area contributed by atoms with Crippen molar-refractivity contribution in [2.75, 3.05) is 6.54 Å². The van der Waals surface area contributed by atoms with Crippen LogP contribution in [0.25, 0.3) is 11.4 Å². The molecule has 2 atom stereocenters. The van der Waals surface area contributed by atoms with E-state index < -0.39 is 0 Å². The first-order valence-corrected chi connectivity index (χ1v) is 6.59. The molecule has 0 bridgehead atoms. The summed E-state index contributed by atoms with van der Waals surface area (Å²) in [6, 6.07) is 7.39. The van der Waals surface area contributed by atoms with Gasteiger partial charge in [-0.1, -0.05) is 28.9 Å². The van der Waals surface area contributed by atoms with E-state index in [2.05, 4.69) is 10.1 Å². The Labute approximate surface area is 115 Å². The van der Waals surface area contributed by atoms with Crippen LogP contribution in [0.5, 0.6) is 0 Å². The molecule has 1 aliphatic rings. The molecule has 100 valence electrons. The highest BCUT2D eigenvalue weighted by molar-refractivity contribution is 6.33. The fourth-order valence-corrected chi connectivity index (χ4v) is 2.40. The van der Waals surface area contributed by atoms with Crippen molar-refractivity contribution >= 4 is 11.6 Å². The van der Waals surface area contributed by atoms with Gasteiger partial charge in [0.25, 0.3) is 5.89 Å². The van der Waals surface area contributed by atoms with Gasteiger partial charge in [0.2, 0.25) is 5.82 Å². The van der Waals surface area contributed by atoms with E-state index in [1.807, 2.05) is 18.2 Å². The Morgan fingerprint density at radius 2 is 2.16 bits per heavy atom. The lowest BCUT2D eigenvalue weighted by Gasteiger charge is -2.07. The minimum absolute atomic E-state index is 0.0839. The number of halogens is 1. The van der Waals surface area contributed by atoms with Crippen LogP contribution in [0.4, 0.5) is 0 Å². The van der Waals surface area contributed by atoms with Crippen LogP contribution in [0, 0.1) is 0 Å². The van der Waals surface area contributed by atoms with Crippen LogP contribution < -0.4 is 5.73 Å². The first-order chi connectivity index (χ1) is 9.28. The molecule has 2 N–H and O–H groups in total. The Hall–Kier alpha value is -1.43. The molecule has 19 heavy (non-hydrogen) atoms. The fourth-order valence-electron chi connectivity index (χ4n) is 2.18. The number of ether oxygens (including phenoxy) is 1. The highest BCUT2D eigenvalue weighted by Crippen LogP contribution is 2.33. The lowest BCUT2D eigenvalue weighted by molar-refractivity contribution is 0.0307. The average molecular weight is 280 g/mol. The van der Waals surface area contributed by atoms with Gasteiger partial charge < -0.3 is 15.0 Å². The number of rotatable bonds is 3. The van der Waals surface area contributed by atoms with Crippen LogP contribution in [0.2, 0.25) is 5.02 Å². The van der Waals surface area contributed by atoms with E-state index in [1.54, 1.807) is 6.07 Å². The summed E-state index contributed by atoms with van der Waals surface area (Å²) in [6.45, 7) is 0.516. The predicted molar refractivity (Wildman–Crippen MR) is 70.6 cm³/mol. The molecule has 0 radical (unpaired) electrons. The van der Waals surface area contributed by atoms with Gasteiger partial charge in [-0.2, -0.15) is 4.98 Å². The van der Waals surface area contributed by atoms with Gasteiger partial charge in [-0.25, -0.2) is 0 Å². The van der Waals surface area contributed by atoms with Gasteiger partial charge in [0.1, 0.15) is 6.10 Å². The third-order valence-electron chi connectivity index (χ3n) is 3.20. The van der Waals surface area contributed by atoms with Crippen LogP contribution >= 0.6 is 11.6 Å². The van der Waals surface area contributed by atoms with Gasteiger partial charge in [0.15, 0.2) is 0 Å². The number of nitrogens with two attached hydrogens (primary N) is 1. The van der Waals surface area contributed by atoms with Crippen molar-refractivity contribution in [3.05, 3.63) is 35.2 Å². The zero-order valence-electron chi connectivity index (χ0n) is 10.3. The van der Waals surface area contributed by atoms with Gasteiger partial charge in [0, 0.05) is 12.1 Å². The number of benzene rings is 1. The monoisotopic (exact) mass is 279 g/mol. The van der Waals surface area contributed by atoms with Gasteiger partial charge >= 0.3 is 0 Å². The molecule has 0 aliphatic carbocycles.